The average molecular weight is 407 g/mol. The average Bonchev–Trinajstić information content (AvgIpc) is 3.15. The molecule has 0 saturated carbocycles. The zero-order chi connectivity index (χ0) is 18.8. The van der Waals surface area contributed by atoms with Crippen LogP contribution in [0.2, 0.25) is 0 Å². The summed E-state index contributed by atoms with van der Waals surface area (Å²) in [4.78, 5) is 34.5. The largest absolute Gasteiger partial charge is 0.354 e. The Morgan fingerprint density at radius 2 is 1.77 bits per heavy atom. The van der Waals surface area contributed by atoms with E-state index in [9.17, 15) is 9.59 Å². The summed E-state index contributed by atoms with van der Waals surface area (Å²) in [6, 6.07) is 9.10. The zero-order valence-electron chi connectivity index (χ0n) is 14.8. The first kappa shape index (κ1) is 18.7. The van der Waals surface area contributed by atoms with Crippen LogP contribution < -0.4 is 10.2 Å². The molecule has 0 aliphatic rings. The molecule has 136 valence electrons. The van der Waals surface area contributed by atoms with E-state index in [1.54, 1.807) is 37.6 Å². The van der Waals surface area contributed by atoms with E-state index in [2.05, 4.69) is 10.3 Å². The van der Waals surface area contributed by atoms with Gasteiger partial charge in [-0.2, -0.15) is 0 Å². The zero-order valence-corrected chi connectivity index (χ0v) is 17.2. The number of carbonyl (C=O) groups is 2. The first-order valence-corrected chi connectivity index (χ1v) is 10.2. The van der Waals surface area contributed by atoms with E-state index in [0.717, 1.165) is 31.3 Å². The van der Waals surface area contributed by atoms with Crippen molar-refractivity contribution in [1.29, 1.82) is 0 Å². The van der Waals surface area contributed by atoms with Gasteiger partial charge in [0.1, 0.15) is 4.83 Å². The van der Waals surface area contributed by atoms with Crippen molar-refractivity contribution in [2.24, 2.45) is 0 Å². The van der Waals surface area contributed by atoms with Crippen LogP contribution in [0.1, 0.15) is 9.67 Å². The van der Waals surface area contributed by atoms with Crippen molar-refractivity contribution >= 4 is 65.9 Å². The lowest BCUT2D eigenvalue weighted by molar-refractivity contribution is 0.103. The quantitative estimate of drug-likeness (QED) is 0.649. The monoisotopic (exact) mass is 406 g/mol. The minimum absolute atomic E-state index is 0.0370. The van der Waals surface area contributed by atoms with Crippen molar-refractivity contribution in [3.63, 3.8) is 0 Å². The second-order valence-corrected chi connectivity index (χ2v) is 8.98. The summed E-state index contributed by atoms with van der Waals surface area (Å²) in [5, 5.41) is 3.78. The van der Waals surface area contributed by atoms with E-state index in [1.807, 2.05) is 37.2 Å². The van der Waals surface area contributed by atoms with Crippen LogP contribution in [0.3, 0.4) is 0 Å². The van der Waals surface area contributed by atoms with E-state index in [4.69, 9.17) is 0 Å². The van der Waals surface area contributed by atoms with E-state index in [-0.39, 0.29) is 11.1 Å². The molecule has 1 N–H and O–H groups in total. The summed E-state index contributed by atoms with van der Waals surface area (Å²) >= 11 is 4.10. The highest BCUT2D eigenvalue weighted by Gasteiger charge is 2.15. The lowest BCUT2D eigenvalue weighted by atomic mass is 10.3. The number of anilines is 2. The lowest BCUT2D eigenvalue weighted by Gasteiger charge is -2.09. The third-order valence-electron chi connectivity index (χ3n) is 3.37. The second-order valence-electron chi connectivity index (χ2n) is 5.91. The standard InChI is InChI=1S/C17H18N4O2S3/c1-20(2)16-19-15-13(26-16)9-12(25-15)14(22)18-10-5-7-11(8-6-10)24-17(23)21(3)4/h5-9H,1-4H3,(H,18,22). The predicted octanol–water partition coefficient (Wildman–Crippen LogP) is 4.45. The molecule has 0 spiro atoms. The Morgan fingerprint density at radius 3 is 2.35 bits per heavy atom. The fourth-order valence-electron chi connectivity index (χ4n) is 2.02. The number of nitrogens with zero attached hydrogens (tertiary/aromatic N) is 3. The van der Waals surface area contributed by atoms with Gasteiger partial charge in [0.05, 0.1) is 9.58 Å². The number of benzene rings is 1. The molecule has 3 aromatic rings. The molecule has 0 aliphatic carbocycles. The molecule has 3 rings (SSSR count). The van der Waals surface area contributed by atoms with Crippen LogP contribution in [0.4, 0.5) is 15.6 Å². The maximum atomic E-state index is 12.5. The van der Waals surface area contributed by atoms with Crippen LogP contribution in [-0.4, -0.2) is 49.2 Å². The molecule has 6 nitrogen and oxygen atoms in total. The number of rotatable bonds is 4. The molecule has 1 aromatic carbocycles. The van der Waals surface area contributed by atoms with Gasteiger partial charge in [0, 0.05) is 38.8 Å². The number of hydrogen-bond donors (Lipinski definition) is 1. The normalized spacial score (nSPS) is 10.8. The molecule has 0 unspecified atom stereocenters. The van der Waals surface area contributed by atoms with Gasteiger partial charge < -0.3 is 15.1 Å². The Hall–Kier alpha value is -2.10. The maximum Gasteiger partial charge on any atom is 0.285 e. The SMILES string of the molecule is CN(C)C(=O)Sc1ccc(NC(=O)c2cc3sc(N(C)C)nc3s2)cc1. The van der Waals surface area contributed by atoms with Gasteiger partial charge in [-0.3, -0.25) is 9.59 Å². The van der Waals surface area contributed by atoms with Crippen LogP contribution in [0.25, 0.3) is 9.53 Å². The van der Waals surface area contributed by atoms with E-state index in [1.165, 1.54) is 16.2 Å². The molecule has 0 aliphatic heterocycles. The number of amides is 2. The highest BCUT2D eigenvalue weighted by atomic mass is 32.2. The molecule has 0 radical (unpaired) electrons. The first-order valence-electron chi connectivity index (χ1n) is 7.71. The summed E-state index contributed by atoms with van der Waals surface area (Å²) in [6.07, 6.45) is 0. The molecule has 0 saturated heterocycles. The molecule has 2 heterocycles. The minimum Gasteiger partial charge on any atom is -0.354 e. The lowest BCUT2D eigenvalue weighted by Crippen LogP contribution is -2.16. The number of thiazole rings is 1. The van der Waals surface area contributed by atoms with Crippen molar-refractivity contribution in [3.8, 4) is 0 Å². The van der Waals surface area contributed by atoms with Gasteiger partial charge in [0.2, 0.25) is 0 Å². The van der Waals surface area contributed by atoms with Crippen molar-refractivity contribution in [1.82, 2.24) is 9.88 Å². The Bertz CT molecular complexity index is 913. The van der Waals surface area contributed by atoms with Gasteiger partial charge in [-0.25, -0.2) is 4.98 Å². The van der Waals surface area contributed by atoms with Crippen molar-refractivity contribution in [3.05, 3.63) is 35.2 Å². The molecular formula is C17H18N4O2S3. The van der Waals surface area contributed by atoms with Crippen LogP contribution in [0, 0.1) is 0 Å². The summed E-state index contributed by atoms with van der Waals surface area (Å²) in [5.74, 6) is -0.156. The van der Waals surface area contributed by atoms with E-state index >= 15 is 0 Å². The van der Waals surface area contributed by atoms with Gasteiger partial charge in [-0.1, -0.05) is 11.3 Å². The smallest absolute Gasteiger partial charge is 0.285 e. The summed E-state index contributed by atoms with van der Waals surface area (Å²) in [5.41, 5.74) is 0.690. The highest BCUT2D eigenvalue weighted by Crippen LogP contribution is 2.34. The minimum atomic E-state index is -0.156. The van der Waals surface area contributed by atoms with Gasteiger partial charge in [0.15, 0.2) is 5.13 Å². The number of thiophene rings is 1. The molecule has 9 heteroatoms. The topological polar surface area (TPSA) is 65.5 Å². The molecular weight excluding hydrogens is 388 g/mol. The van der Waals surface area contributed by atoms with Crippen LogP contribution in [-0.2, 0) is 0 Å². The van der Waals surface area contributed by atoms with Crippen molar-refractivity contribution < 1.29 is 9.59 Å². The predicted molar refractivity (Wildman–Crippen MR) is 111 cm³/mol. The number of aromatic nitrogens is 1. The molecule has 2 amide bonds. The third-order valence-corrected chi connectivity index (χ3v) is 6.74. The van der Waals surface area contributed by atoms with E-state index in [0.29, 0.717) is 10.6 Å². The number of fused-ring (bicyclic) bond motifs is 1. The van der Waals surface area contributed by atoms with Gasteiger partial charge in [0.25, 0.3) is 11.1 Å². The second kappa shape index (κ2) is 7.65. The molecule has 0 atom stereocenters. The Labute approximate surface area is 163 Å². The van der Waals surface area contributed by atoms with Gasteiger partial charge in [-0.05, 0) is 42.1 Å². The van der Waals surface area contributed by atoms with Crippen LogP contribution in [0.5, 0.6) is 0 Å². The highest BCUT2D eigenvalue weighted by molar-refractivity contribution is 8.13. The number of carbonyl (C=O) groups excluding carboxylic acids is 2. The van der Waals surface area contributed by atoms with Crippen LogP contribution in [0.15, 0.2) is 35.2 Å². The molecule has 2 aromatic heterocycles. The van der Waals surface area contributed by atoms with Crippen LogP contribution >= 0.6 is 34.4 Å². The van der Waals surface area contributed by atoms with Crippen molar-refractivity contribution in [2.75, 3.05) is 38.4 Å². The summed E-state index contributed by atoms with van der Waals surface area (Å²) in [6.45, 7) is 0. The Kier molecular flexibility index (Phi) is 5.49. The number of thioether (sulfide) groups is 1. The Balaban J connectivity index is 1.67. The third kappa shape index (κ3) is 4.17. The van der Waals surface area contributed by atoms with E-state index < -0.39 is 0 Å². The summed E-state index contributed by atoms with van der Waals surface area (Å²) in [7, 11) is 7.33. The van der Waals surface area contributed by atoms with Crippen molar-refractivity contribution in [2.45, 2.75) is 4.90 Å². The number of nitrogens with one attached hydrogen (secondary N) is 1. The molecule has 26 heavy (non-hydrogen) atoms. The first-order chi connectivity index (χ1) is 12.3. The summed E-state index contributed by atoms with van der Waals surface area (Å²) < 4.78 is 1.01. The maximum absolute atomic E-state index is 12.5. The fraction of sp³-hybridized carbons (Fsp3) is 0.235. The molecule has 0 fully saturated rings. The number of hydrogen-bond acceptors (Lipinski definition) is 7. The van der Waals surface area contributed by atoms with Gasteiger partial charge >= 0.3 is 0 Å². The molecule has 0 bridgehead atoms. The Morgan fingerprint density at radius 1 is 1.08 bits per heavy atom. The van der Waals surface area contributed by atoms with Gasteiger partial charge in [-0.15, -0.1) is 11.3 Å². The fourth-order valence-corrected chi connectivity index (χ4v) is 4.70.